The largest absolute Gasteiger partial charge is 0.451 e. The van der Waals surface area contributed by atoms with E-state index in [4.69, 9.17) is 8.83 Å². The van der Waals surface area contributed by atoms with Crippen molar-refractivity contribution < 1.29 is 18.4 Å². The quantitative estimate of drug-likeness (QED) is 0.254. The van der Waals surface area contributed by atoms with E-state index < -0.39 is 0 Å². The van der Waals surface area contributed by atoms with E-state index in [1.165, 1.54) is 32.5 Å². The summed E-state index contributed by atoms with van der Waals surface area (Å²) in [5.41, 5.74) is 2.31. The van der Waals surface area contributed by atoms with Crippen LogP contribution in [0.3, 0.4) is 0 Å². The van der Waals surface area contributed by atoms with Crippen LogP contribution in [0.25, 0.3) is 21.9 Å². The molecule has 37 heavy (non-hydrogen) atoms. The van der Waals surface area contributed by atoms with Crippen molar-refractivity contribution in [2.45, 2.75) is 6.92 Å². The first-order chi connectivity index (χ1) is 17.9. The van der Waals surface area contributed by atoms with Crippen molar-refractivity contribution in [2.75, 3.05) is 23.9 Å². The Kier molecular flexibility index (Phi) is 6.85. The van der Waals surface area contributed by atoms with Crippen LogP contribution in [0.1, 0.15) is 26.7 Å². The van der Waals surface area contributed by atoms with Crippen LogP contribution in [-0.2, 0) is 0 Å². The Balaban J connectivity index is 0.000000152. The molecule has 0 aliphatic carbocycles. The summed E-state index contributed by atoms with van der Waals surface area (Å²) >= 11 is 2.83. The number of nitrogens with zero attached hydrogens (tertiary/aromatic N) is 4. The molecule has 186 valence electrons. The topological polar surface area (TPSA) is 92.7 Å². The molecule has 2 aromatic carbocycles. The second-order valence-corrected chi connectivity index (χ2v) is 9.80. The summed E-state index contributed by atoms with van der Waals surface area (Å²) in [7, 11) is 3.39. The molecule has 0 atom stereocenters. The van der Waals surface area contributed by atoms with Crippen LogP contribution in [0, 0.1) is 6.92 Å². The van der Waals surface area contributed by atoms with Gasteiger partial charge in [-0.15, -0.1) is 22.7 Å². The maximum atomic E-state index is 12.4. The third-order valence-corrected chi connectivity index (χ3v) is 7.39. The number of hydrogen-bond donors (Lipinski definition) is 0. The van der Waals surface area contributed by atoms with Crippen LogP contribution in [0.5, 0.6) is 0 Å². The summed E-state index contributed by atoms with van der Waals surface area (Å²) < 4.78 is 11.2. The van der Waals surface area contributed by atoms with Crippen LogP contribution in [0.4, 0.5) is 10.3 Å². The van der Waals surface area contributed by atoms with Crippen molar-refractivity contribution in [1.29, 1.82) is 0 Å². The summed E-state index contributed by atoms with van der Waals surface area (Å²) in [5.74, 6) is 0.331. The van der Waals surface area contributed by atoms with Gasteiger partial charge in [-0.05, 0) is 25.1 Å². The zero-order chi connectivity index (χ0) is 25.9. The van der Waals surface area contributed by atoms with Gasteiger partial charge in [0.15, 0.2) is 21.8 Å². The first-order valence-electron chi connectivity index (χ1n) is 11.3. The Labute approximate surface area is 220 Å². The number of aromatic nitrogens is 2. The van der Waals surface area contributed by atoms with Crippen LogP contribution >= 0.6 is 22.7 Å². The predicted molar refractivity (Wildman–Crippen MR) is 147 cm³/mol. The molecule has 0 aliphatic rings. The molecular formula is C27H22N4O4S2. The number of thiazole rings is 2. The number of rotatable bonds is 4. The number of benzene rings is 2. The van der Waals surface area contributed by atoms with Crippen LogP contribution < -0.4 is 9.80 Å². The Morgan fingerprint density at radius 3 is 1.97 bits per heavy atom. The lowest BCUT2D eigenvalue weighted by atomic mass is 10.1. The Morgan fingerprint density at radius 1 is 0.784 bits per heavy atom. The smallest absolute Gasteiger partial charge is 0.295 e. The monoisotopic (exact) mass is 530 g/mol. The number of carbonyl (C=O) groups is 2. The summed E-state index contributed by atoms with van der Waals surface area (Å²) in [5, 5.41) is 6.87. The van der Waals surface area contributed by atoms with E-state index in [0.717, 1.165) is 21.9 Å². The minimum Gasteiger partial charge on any atom is -0.451 e. The normalized spacial score (nSPS) is 10.8. The van der Waals surface area contributed by atoms with Gasteiger partial charge in [0, 0.05) is 53.6 Å². The first kappa shape index (κ1) is 24.4. The average molecular weight is 531 g/mol. The van der Waals surface area contributed by atoms with Crippen molar-refractivity contribution in [3.63, 3.8) is 0 Å². The van der Waals surface area contributed by atoms with Gasteiger partial charge in [0.2, 0.25) is 0 Å². The number of aryl methyl sites for hydroxylation is 1. The van der Waals surface area contributed by atoms with Crippen molar-refractivity contribution in [2.24, 2.45) is 0 Å². The van der Waals surface area contributed by atoms with Gasteiger partial charge in [0.1, 0.15) is 11.2 Å². The molecule has 6 aromatic rings. The van der Waals surface area contributed by atoms with Gasteiger partial charge >= 0.3 is 0 Å². The zero-order valence-corrected chi connectivity index (χ0v) is 21.9. The highest BCUT2D eigenvalue weighted by Gasteiger charge is 2.23. The molecular weight excluding hydrogens is 508 g/mol. The van der Waals surface area contributed by atoms with Crippen molar-refractivity contribution >= 4 is 66.7 Å². The molecule has 6 rings (SSSR count). The Bertz CT molecular complexity index is 1640. The highest BCUT2D eigenvalue weighted by atomic mass is 32.1. The molecule has 0 saturated carbocycles. The fourth-order valence-electron chi connectivity index (χ4n) is 3.72. The van der Waals surface area contributed by atoms with Gasteiger partial charge in [0.25, 0.3) is 11.8 Å². The van der Waals surface area contributed by atoms with E-state index in [-0.39, 0.29) is 11.8 Å². The van der Waals surface area contributed by atoms with E-state index in [9.17, 15) is 9.59 Å². The van der Waals surface area contributed by atoms with Gasteiger partial charge < -0.3 is 8.83 Å². The third kappa shape index (κ3) is 4.89. The van der Waals surface area contributed by atoms with Crippen LogP contribution in [0.15, 0.2) is 86.6 Å². The maximum absolute atomic E-state index is 12.4. The molecule has 0 radical (unpaired) electrons. The van der Waals surface area contributed by atoms with Gasteiger partial charge in [-0.2, -0.15) is 0 Å². The molecule has 0 saturated heterocycles. The second kappa shape index (κ2) is 10.4. The number of fused-ring (bicyclic) bond motifs is 2. The Hall–Kier alpha value is -4.28. The van der Waals surface area contributed by atoms with Gasteiger partial charge in [0.05, 0.1) is 0 Å². The van der Waals surface area contributed by atoms with E-state index in [0.29, 0.717) is 27.4 Å². The Morgan fingerprint density at radius 2 is 1.38 bits per heavy atom. The zero-order valence-electron chi connectivity index (χ0n) is 20.2. The standard InChI is InChI=1S/C14H12N2O2S.C13H10N2O2S/c1-9-10-5-3-4-6-11(10)18-12(9)13(17)16(2)14-15-7-8-19-14;1-15(13-14-6-7-18-13)12(16)11-8-9-4-2-3-5-10(9)17-11/h3-8H,1-2H3;2-8H,1H3. The number of furan rings is 2. The van der Waals surface area contributed by atoms with Gasteiger partial charge in [-0.1, -0.05) is 36.4 Å². The molecule has 4 heterocycles. The number of anilines is 2. The molecule has 10 heteroatoms. The fraction of sp³-hybridized carbons (Fsp3) is 0.111. The van der Waals surface area contributed by atoms with Crippen molar-refractivity contribution in [3.8, 4) is 0 Å². The number of carbonyl (C=O) groups excluding carboxylic acids is 2. The summed E-state index contributed by atoms with van der Waals surface area (Å²) in [6.07, 6.45) is 3.34. The maximum Gasteiger partial charge on any atom is 0.295 e. The molecule has 0 unspecified atom stereocenters. The molecule has 0 spiro atoms. The summed E-state index contributed by atoms with van der Waals surface area (Å²) in [6, 6.07) is 16.9. The highest BCUT2D eigenvalue weighted by Crippen LogP contribution is 2.27. The second-order valence-electron chi connectivity index (χ2n) is 8.06. The van der Waals surface area contributed by atoms with Crippen LogP contribution in [0.2, 0.25) is 0 Å². The van der Waals surface area contributed by atoms with Crippen molar-refractivity contribution in [1.82, 2.24) is 9.97 Å². The number of amides is 2. The number of hydrogen-bond acceptors (Lipinski definition) is 8. The lowest BCUT2D eigenvalue weighted by molar-refractivity contribution is 0.0961. The van der Waals surface area contributed by atoms with Crippen LogP contribution in [-0.4, -0.2) is 35.9 Å². The van der Waals surface area contributed by atoms with Gasteiger partial charge in [-0.3, -0.25) is 19.4 Å². The predicted octanol–water partition coefficient (Wildman–Crippen LogP) is 6.64. The summed E-state index contributed by atoms with van der Waals surface area (Å²) in [6.45, 7) is 1.90. The minimum atomic E-state index is -0.193. The fourth-order valence-corrected chi connectivity index (χ4v) is 4.93. The minimum absolute atomic E-state index is 0.177. The molecule has 4 aromatic heterocycles. The molecule has 0 N–H and O–H groups in total. The molecule has 2 amide bonds. The van der Waals surface area contributed by atoms with Crippen molar-refractivity contribution in [3.05, 3.63) is 94.8 Å². The van der Waals surface area contributed by atoms with Gasteiger partial charge in [-0.25, -0.2) is 9.97 Å². The molecule has 0 fully saturated rings. The van der Waals surface area contributed by atoms with E-state index in [2.05, 4.69) is 9.97 Å². The molecule has 0 aliphatic heterocycles. The lowest BCUT2D eigenvalue weighted by Gasteiger charge is -2.11. The van der Waals surface area contributed by atoms with E-state index in [1.54, 1.807) is 32.6 Å². The molecule has 0 bridgehead atoms. The highest BCUT2D eigenvalue weighted by molar-refractivity contribution is 7.14. The molecule has 8 nitrogen and oxygen atoms in total. The van der Waals surface area contributed by atoms with E-state index in [1.807, 2.05) is 66.2 Å². The summed E-state index contributed by atoms with van der Waals surface area (Å²) in [4.78, 5) is 35.9. The third-order valence-electron chi connectivity index (χ3n) is 5.70. The number of para-hydroxylation sites is 2. The average Bonchev–Trinajstić information content (AvgIpc) is 3.74. The lowest BCUT2D eigenvalue weighted by Crippen LogP contribution is -2.26. The van der Waals surface area contributed by atoms with E-state index >= 15 is 0 Å². The first-order valence-corrected chi connectivity index (χ1v) is 13.0. The SMILES string of the molecule is CN(C(=O)c1cc2ccccc2o1)c1nccs1.Cc1c(C(=O)N(C)c2nccs2)oc2ccccc12.